The minimum atomic E-state index is -0.678. The highest BCUT2D eigenvalue weighted by atomic mass is 35.5. The van der Waals surface area contributed by atoms with Crippen LogP contribution in [0.2, 0.25) is 5.02 Å². The Hall–Kier alpha value is -1.50. The molecule has 0 atom stereocenters. The number of hydrogen-bond donors (Lipinski definition) is 0. The fraction of sp³-hybridized carbons (Fsp3) is 0.429. The zero-order valence-corrected chi connectivity index (χ0v) is 11.9. The molecular formula is C14H13ClFNO4. The molecule has 21 heavy (non-hydrogen) atoms. The van der Waals surface area contributed by atoms with Gasteiger partial charge in [0.25, 0.3) is 11.7 Å². The third-order valence-electron chi connectivity index (χ3n) is 3.50. The number of carbonyl (C=O) groups is 2. The average Bonchev–Trinajstić information content (AvgIpc) is 2.71. The van der Waals surface area contributed by atoms with Gasteiger partial charge in [0.1, 0.15) is 5.82 Å². The van der Waals surface area contributed by atoms with Gasteiger partial charge in [-0.2, -0.15) is 0 Å². The Bertz CT molecular complexity index is 601. The number of fused-ring (bicyclic) bond motifs is 1. The largest absolute Gasteiger partial charge is 0.353 e. The van der Waals surface area contributed by atoms with E-state index in [2.05, 4.69) is 0 Å². The van der Waals surface area contributed by atoms with Crippen molar-refractivity contribution in [2.75, 3.05) is 24.7 Å². The predicted octanol–water partition coefficient (Wildman–Crippen LogP) is 2.16. The van der Waals surface area contributed by atoms with Crippen LogP contribution in [0, 0.1) is 5.82 Å². The Morgan fingerprint density at radius 2 is 2.00 bits per heavy atom. The number of Topliss-reactive ketones (excluding diaryl/α,β-unsaturated/α-hetero) is 1. The summed E-state index contributed by atoms with van der Waals surface area (Å²) >= 11 is 5.65. The minimum absolute atomic E-state index is 0.136. The lowest BCUT2D eigenvalue weighted by Crippen LogP contribution is -2.35. The number of carbonyl (C=O) groups excluding carboxylic acids is 2. The van der Waals surface area contributed by atoms with E-state index in [1.165, 1.54) is 11.0 Å². The van der Waals surface area contributed by atoms with Crippen LogP contribution in [-0.4, -0.2) is 37.7 Å². The molecule has 0 spiro atoms. The molecule has 0 unspecified atom stereocenters. The quantitative estimate of drug-likeness (QED) is 0.803. The molecule has 2 aliphatic rings. The lowest BCUT2D eigenvalue weighted by molar-refractivity contribution is -0.179. The molecule has 2 aliphatic heterocycles. The second kappa shape index (κ2) is 5.71. The van der Waals surface area contributed by atoms with E-state index in [1.54, 1.807) is 0 Å². The Kier molecular flexibility index (Phi) is 3.93. The number of anilines is 1. The van der Waals surface area contributed by atoms with Crippen LogP contribution in [0.15, 0.2) is 12.1 Å². The first-order chi connectivity index (χ1) is 10.1. The number of amides is 1. The zero-order chi connectivity index (χ0) is 15.0. The van der Waals surface area contributed by atoms with E-state index in [4.69, 9.17) is 21.1 Å². The Morgan fingerprint density at radius 1 is 1.29 bits per heavy atom. The van der Waals surface area contributed by atoms with Gasteiger partial charge in [-0.15, -0.1) is 0 Å². The number of benzene rings is 1. The number of ether oxygens (including phenoxy) is 2. The first kappa shape index (κ1) is 14.4. The predicted molar refractivity (Wildman–Crippen MR) is 73.0 cm³/mol. The van der Waals surface area contributed by atoms with E-state index in [-0.39, 0.29) is 22.8 Å². The van der Waals surface area contributed by atoms with Gasteiger partial charge >= 0.3 is 0 Å². The van der Waals surface area contributed by atoms with E-state index in [1.807, 2.05) is 0 Å². The number of hydrogen-bond acceptors (Lipinski definition) is 4. The molecule has 0 aliphatic carbocycles. The van der Waals surface area contributed by atoms with Crippen molar-refractivity contribution in [3.8, 4) is 0 Å². The lowest BCUT2D eigenvalue weighted by Gasteiger charge is -2.25. The van der Waals surface area contributed by atoms with Gasteiger partial charge in [0, 0.05) is 13.0 Å². The fourth-order valence-corrected chi connectivity index (χ4v) is 2.61. The highest BCUT2D eigenvalue weighted by molar-refractivity contribution is 6.52. The van der Waals surface area contributed by atoms with Gasteiger partial charge in [-0.3, -0.25) is 9.59 Å². The maximum Gasteiger partial charge on any atom is 0.299 e. The maximum absolute atomic E-state index is 13.6. The van der Waals surface area contributed by atoms with Crippen LogP contribution < -0.4 is 4.90 Å². The molecule has 1 aromatic rings. The molecule has 3 rings (SSSR count). The van der Waals surface area contributed by atoms with E-state index in [9.17, 15) is 14.0 Å². The van der Waals surface area contributed by atoms with Crippen LogP contribution >= 0.6 is 11.6 Å². The molecular weight excluding hydrogens is 301 g/mol. The van der Waals surface area contributed by atoms with E-state index in [0.29, 0.717) is 19.6 Å². The molecule has 1 amide bonds. The highest BCUT2D eigenvalue weighted by Crippen LogP contribution is 2.33. The number of nitrogens with zero attached hydrogens (tertiary/aromatic N) is 1. The summed E-state index contributed by atoms with van der Waals surface area (Å²) in [6.45, 7) is 1.44. The summed E-state index contributed by atoms with van der Waals surface area (Å²) in [4.78, 5) is 25.1. The van der Waals surface area contributed by atoms with Crippen LogP contribution in [0.3, 0.4) is 0 Å². The molecule has 0 saturated carbocycles. The van der Waals surface area contributed by atoms with Gasteiger partial charge in [0.05, 0.1) is 29.5 Å². The van der Waals surface area contributed by atoms with Gasteiger partial charge in [0.15, 0.2) is 6.29 Å². The van der Waals surface area contributed by atoms with Gasteiger partial charge in [-0.05, 0) is 18.6 Å². The molecule has 0 N–H and O–H groups in total. The smallest absolute Gasteiger partial charge is 0.299 e. The zero-order valence-electron chi connectivity index (χ0n) is 11.1. The van der Waals surface area contributed by atoms with Crippen LogP contribution in [0.5, 0.6) is 0 Å². The monoisotopic (exact) mass is 313 g/mol. The van der Waals surface area contributed by atoms with Crippen LogP contribution in [-0.2, 0) is 14.3 Å². The van der Waals surface area contributed by atoms with Crippen LogP contribution in [0.1, 0.15) is 23.2 Å². The maximum atomic E-state index is 13.6. The van der Waals surface area contributed by atoms with Crippen molar-refractivity contribution in [1.29, 1.82) is 0 Å². The highest BCUT2D eigenvalue weighted by Gasteiger charge is 2.37. The third kappa shape index (κ3) is 2.66. The third-order valence-corrected chi connectivity index (χ3v) is 3.79. The van der Waals surface area contributed by atoms with Crippen molar-refractivity contribution in [3.05, 3.63) is 28.5 Å². The first-order valence-corrected chi connectivity index (χ1v) is 7.04. The van der Waals surface area contributed by atoms with Crippen molar-refractivity contribution in [2.45, 2.75) is 19.1 Å². The molecule has 0 aromatic heterocycles. The van der Waals surface area contributed by atoms with Crippen LogP contribution in [0.25, 0.3) is 0 Å². The number of halogens is 2. The summed E-state index contributed by atoms with van der Waals surface area (Å²) in [7, 11) is 0. The molecule has 0 bridgehead atoms. The normalized spacial score (nSPS) is 19.2. The molecule has 1 saturated heterocycles. The van der Waals surface area contributed by atoms with Crippen molar-refractivity contribution in [1.82, 2.24) is 0 Å². The van der Waals surface area contributed by atoms with Crippen molar-refractivity contribution in [2.24, 2.45) is 0 Å². The van der Waals surface area contributed by atoms with E-state index >= 15 is 0 Å². The van der Waals surface area contributed by atoms with E-state index in [0.717, 1.165) is 12.5 Å². The standard InChI is InChI=1S/C14H13ClFNO4/c15-9-6-8-11(7-10(9)16)17(14(19)13(8)18)3-2-12-20-4-1-5-21-12/h6-7,12H,1-5H2. The summed E-state index contributed by atoms with van der Waals surface area (Å²) in [5.74, 6) is -2.01. The van der Waals surface area contributed by atoms with Gasteiger partial charge < -0.3 is 14.4 Å². The molecule has 1 aromatic carbocycles. The fourth-order valence-electron chi connectivity index (χ4n) is 2.45. The van der Waals surface area contributed by atoms with Gasteiger partial charge in [-0.25, -0.2) is 4.39 Å². The summed E-state index contributed by atoms with van der Waals surface area (Å²) < 4.78 is 24.3. The first-order valence-electron chi connectivity index (χ1n) is 6.66. The van der Waals surface area contributed by atoms with Gasteiger partial charge in [0.2, 0.25) is 0 Å². The molecule has 2 heterocycles. The van der Waals surface area contributed by atoms with Gasteiger partial charge in [-0.1, -0.05) is 11.6 Å². The van der Waals surface area contributed by atoms with Crippen molar-refractivity contribution >= 4 is 29.0 Å². The molecule has 112 valence electrons. The Balaban J connectivity index is 1.78. The second-order valence-electron chi connectivity index (χ2n) is 4.88. The Labute approximate surface area is 125 Å². The topological polar surface area (TPSA) is 55.8 Å². The average molecular weight is 314 g/mol. The second-order valence-corrected chi connectivity index (χ2v) is 5.29. The summed E-state index contributed by atoms with van der Waals surface area (Å²) in [5.41, 5.74) is 0.389. The SMILES string of the molecule is O=C1C(=O)N(CCC2OCCCO2)c2cc(F)c(Cl)cc21. The van der Waals surface area contributed by atoms with Crippen molar-refractivity contribution in [3.63, 3.8) is 0 Å². The molecule has 5 nitrogen and oxygen atoms in total. The number of rotatable bonds is 3. The minimum Gasteiger partial charge on any atom is -0.353 e. The van der Waals surface area contributed by atoms with E-state index < -0.39 is 23.8 Å². The Morgan fingerprint density at radius 3 is 2.71 bits per heavy atom. The summed E-state index contributed by atoms with van der Waals surface area (Å²) in [5, 5.41) is -0.171. The lowest BCUT2D eigenvalue weighted by atomic mass is 10.1. The number of ketones is 1. The van der Waals surface area contributed by atoms with Crippen molar-refractivity contribution < 1.29 is 23.5 Å². The van der Waals surface area contributed by atoms with Crippen LogP contribution in [0.4, 0.5) is 10.1 Å². The summed E-state index contributed by atoms with van der Waals surface area (Å²) in [6, 6.07) is 2.31. The molecule has 0 radical (unpaired) electrons. The molecule has 1 fully saturated rings. The molecule has 7 heteroatoms. The summed E-state index contributed by atoms with van der Waals surface area (Å²) in [6.07, 6.45) is 0.857.